The Balaban J connectivity index is 1.61. The number of aliphatic hydroxyl groups excluding tert-OH is 1. The lowest BCUT2D eigenvalue weighted by Crippen LogP contribution is -2.51. The number of nitrogens with zero attached hydrogens (tertiary/aromatic N) is 4. The Hall–Kier alpha value is -4.07. The second-order valence-electron chi connectivity index (χ2n) is 11.2. The molecule has 8 nitrogen and oxygen atoms in total. The van der Waals surface area contributed by atoms with E-state index in [1.54, 1.807) is 60.9 Å². The molecular weight excluding hydrogens is 583 g/mol. The lowest BCUT2D eigenvalue weighted by molar-refractivity contribution is -0.161. The normalized spacial score (nSPS) is 20.9. The van der Waals surface area contributed by atoms with Crippen molar-refractivity contribution in [2.75, 3.05) is 19.8 Å². The summed E-state index contributed by atoms with van der Waals surface area (Å²) in [5.74, 6) is -1.35. The first kappa shape index (κ1) is 30.0. The first-order valence-electron chi connectivity index (χ1n) is 14.6. The van der Waals surface area contributed by atoms with Crippen molar-refractivity contribution < 1.29 is 23.8 Å². The Morgan fingerprint density at radius 1 is 1.20 bits per heavy atom. The standard InChI is InChI=1S/C34H32ClFN4O4/c1-3-27(30-17-39(2)20-38-30)23-14-28-32(29(36)15-23)34(44-26-12-13-43-19-26,24-8-10-25(35)11-9-24)40(33(28)42)31(18-41)22-6-4-21(16-37)5-7-22/h4-11,14-15,17,20,26-27,31,41H,3,12-13,18-19H2,1-2H3/t26-,27?,31-,34+/m0/s1. The van der Waals surface area contributed by atoms with E-state index in [0.29, 0.717) is 46.7 Å². The van der Waals surface area contributed by atoms with Gasteiger partial charge in [0.15, 0.2) is 0 Å². The number of aromatic nitrogens is 2. The molecule has 0 spiro atoms. The van der Waals surface area contributed by atoms with Gasteiger partial charge in [0.1, 0.15) is 5.82 Å². The van der Waals surface area contributed by atoms with Crippen LogP contribution in [0.4, 0.5) is 4.39 Å². The van der Waals surface area contributed by atoms with E-state index in [2.05, 4.69) is 11.1 Å². The zero-order valence-electron chi connectivity index (χ0n) is 24.4. The third-order valence-corrected chi connectivity index (χ3v) is 8.75. The minimum atomic E-state index is -1.76. The summed E-state index contributed by atoms with van der Waals surface area (Å²) in [7, 11) is 1.87. The zero-order valence-corrected chi connectivity index (χ0v) is 25.2. The number of amides is 1. The molecular formula is C34H32ClFN4O4. The average molecular weight is 615 g/mol. The minimum absolute atomic E-state index is 0.0726. The summed E-state index contributed by atoms with van der Waals surface area (Å²) in [6.07, 6.45) is 4.31. The molecule has 226 valence electrons. The summed E-state index contributed by atoms with van der Waals surface area (Å²) in [4.78, 5) is 20.7. The van der Waals surface area contributed by atoms with Crippen molar-refractivity contribution in [3.8, 4) is 6.07 Å². The van der Waals surface area contributed by atoms with Crippen LogP contribution in [0, 0.1) is 17.1 Å². The van der Waals surface area contributed by atoms with Gasteiger partial charge in [-0.25, -0.2) is 9.37 Å². The van der Waals surface area contributed by atoms with Gasteiger partial charge in [-0.3, -0.25) is 9.69 Å². The summed E-state index contributed by atoms with van der Waals surface area (Å²) >= 11 is 6.29. The van der Waals surface area contributed by atoms with Crippen molar-refractivity contribution in [2.45, 2.75) is 43.6 Å². The monoisotopic (exact) mass is 614 g/mol. The highest BCUT2D eigenvalue weighted by molar-refractivity contribution is 6.30. The van der Waals surface area contributed by atoms with Crippen molar-refractivity contribution in [3.05, 3.63) is 123 Å². The summed E-state index contributed by atoms with van der Waals surface area (Å²) < 4.78 is 31.2. The van der Waals surface area contributed by atoms with Gasteiger partial charge in [0.2, 0.25) is 5.72 Å². The van der Waals surface area contributed by atoms with Crippen molar-refractivity contribution in [2.24, 2.45) is 7.05 Å². The maximum atomic E-state index is 16.9. The number of hydrogen-bond acceptors (Lipinski definition) is 6. The van der Waals surface area contributed by atoms with Crippen LogP contribution in [0.3, 0.4) is 0 Å². The summed E-state index contributed by atoms with van der Waals surface area (Å²) in [5.41, 5.74) is 1.33. The molecule has 44 heavy (non-hydrogen) atoms. The van der Waals surface area contributed by atoms with Crippen LogP contribution in [0.15, 0.2) is 73.2 Å². The number of rotatable bonds is 9. The van der Waals surface area contributed by atoms with Gasteiger partial charge >= 0.3 is 0 Å². The molecule has 0 radical (unpaired) electrons. The molecule has 1 fully saturated rings. The number of aliphatic hydroxyl groups is 1. The maximum Gasteiger partial charge on any atom is 0.257 e. The van der Waals surface area contributed by atoms with E-state index >= 15 is 4.39 Å². The molecule has 1 amide bonds. The van der Waals surface area contributed by atoms with Crippen molar-refractivity contribution in [3.63, 3.8) is 0 Å². The molecule has 1 saturated heterocycles. The van der Waals surface area contributed by atoms with E-state index < -0.39 is 36.2 Å². The van der Waals surface area contributed by atoms with E-state index in [0.717, 1.165) is 5.69 Å². The highest BCUT2D eigenvalue weighted by atomic mass is 35.5. The maximum absolute atomic E-state index is 16.9. The van der Waals surface area contributed by atoms with Gasteiger partial charge in [0, 0.05) is 36.4 Å². The summed E-state index contributed by atoms with van der Waals surface area (Å²) in [6, 6.07) is 17.8. The third kappa shape index (κ3) is 5.08. The van der Waals surface area contributed by atoms with Crippen LogP contribution in [-0.4, -0.2) is 51.4 Å². The van der Waals surface area contributed by atoms with Crippen LogP contribution in [0.1, 0.15) is 75.6 Å². The number of aryl methyl sites for hydroxylation is 1. The summed E-state index contributed by atoms with van der Waals surface area (Å²) in [6.45, 7) is 2.24. The largest absolute Gasteiger partial charge is 0.394 e. The van der Waals surface area contributed by atoms with Crippen molar-refractivity contribution in [1.29, 1.82) is 5.26 Å². The van der Waals surface area contributed by atoms with E-state index in [-0.39, 0.29) is 23.7 Å². The lowest BCUT2D eigenvalue weighted by atomic mass is 9.87. The topological polar surface area (TPSA) is 101 Å². The van der Waals surface area contributed by atoms with E-state index in [4.69, 9.17) is 21.1 Å². The fourth-order valence-electron chi connectivity index (χ4n) is 6.43. The first-order chi connectivity index (χ1) is 21.3. The lowest BCUT2D eigenvalue weighted by Gasteiger charge is -2.44. The molecule has 1 N–H and O–H groups in total. The fourth-order valence-corrected chi connectivity index (χ4v) is 6.56. The first-order valence-corrected chi connectivity index (χ1v) is 15.0. The van der Waals surface area contributed by atoms with Crippen LogP contribution < -0.4 is 0 Å². The number of fused-ring (bicyclic) bond motifs is 1. The molecule has 0 bridgehead atoms. The van der Waals surface area contributed by atoms with Gasteiger partial charge in [-0.05, 0) is 60.4 Å². The van der Waals surface area contributed by atoms with Crippen LogP contribution in [0.5, 0.6) is 0 Å². The Morgan fingerprint density at radius 2 is 1.95 bits per heavy atom. The van der Waals surface area contributed by atoms with Crippen LogP contribution in [-0.2, 0) is 22.2 Å². The predicted molar refractivity (Wildman–Crippen MR) is 161 cm³/mol. The SMILES string of the molecule is CCC(c1cc(F)c2c(c1)C(=O)N([C@@H](CO)c1ccc(C#N)cc1)[C@@]2(O[C@H]1CCOC1)c1ccc(Cl)cc1)c1cn(C)cn1. The van der Waals surface area contributed by atoms with E-state index in [1.165, 1.54) is 11.0 Å². The third-order valence-electron chi connectivity index (χ3n) is 8.50. The number of imidazole rings is 1. The van der Waals surface area contributed by atoms with Crippen LogP contribution in [0.25, 0.3) is 0 Å². The molecule has 10 heteroatoms. The average Bonchev–Trinajstić information content (AvgIpc) is 3.76. The quantitative estimate of drug-likeness (QED) is 0.255. The number of carbonyl (C=O) groups excluding carboxylic acids is 1. The number of ether oxygens (including phenoxy) is 2. The Kier molecular flexibility index (Phi) is 8.27. The zero-order chi connectivity index (χ0) is 31.0. The van der Waals surface area contributed by atoms with Crippen molar-refractivity contribution in [1.82, 2.24) is 14.5 Å². The molecule has 0 saturated carbocycles. The van der Waals surface area contributed by atoms with Gasteiger partial charge in [0.25, 0.3) is 5.91 Å². The highest BCUT2D eigenvalue weighted by Crippen LogP contribution is 2.52. The predicted octanol–water partition coefficient (Wildman–Crippen LogP) is 5.82. The van der Waals surface area contributed by atoms with Gasteiger partial charge in [-0.2, -0.15) is 5.26 Å². The van der Waals surface area contributed by atoms with Crippen LogP contribution >= 0.6 is 11.6 Å². The molecule has 2 aliphatic rings. The highest BCUT2D eigenvalue weighted by Gasteiger charge is 2.58. The molecule has 1 unspecified atom stereocenters. The van der Waals surface area contributed by atoms with Crippen molar-refractivity contribution >= 4 is 17.5 Å². The number of nitriles is 1. The van der Waals surface area contributed by atoms with Gasteiger partial charge < -0.3 is 19.1 Å². The second-order valence-corrected chi connectivity index (χ2v) is 11.6. The Bertz CT molecular complexity index is 1710. The van der Waals surface area contributed by atoms with E-state index in [1.807, 2.05) is 24.7 Å². The molecule has 3 heterocycles. The second kappa shape index (κ2) is 12.1. The smallest absolute Gasteiger partial charge is 0.257 e. The molecule has 4 atom stereocenters. The number of carbonyl (C=O) groups is 1. The van der Waals surface area contributed by atoms with Crippen LogP contribution in [0.2, 0.25) is 5.02 Å². The Morgan fingerprint density at radius 3 is 2.55 bits per heavy atom. The minimum Gasteiger partial charge on any atom is -0.394 e. The van der Waals surface area contributed by atoms with Gasteiger partial charge in [0.05, 0.1) is 60.1 Å². The number of hydrogen-bond donors (Lipinski definition) is 1. The molecule has 4 aromatic rings. The van der Waals surface area contributed by atoms with Gasteiger partial charge in [-0.15, -0.1) is 0 Å². The van der Waals surface area contributed by atoms with Gasteiger partial charge in [-0.1, -0.05) is 42.8 Å². The Labute approximate surface area is 260 Å². The number of benzene rings is 3. The molecule has 1 aromatic heterocycles. The fraction of sp³-hybridized carbons (Fsp3) is 0.324. The molecule has 0 aliphatic carbocycles. The van der Waals surface area contributed by atoms with E-state index in [9.17, 15) is 15.2 Å². The molecule has 6 rings (SSSR count). The summed E-state index contributed by atoms with van der Waals surface area (Å²) in [5, 5.41) is 20.7. The molecule has 2 aliphatic heterocycles. The number of halogens is 2. The molecule has 3 aromatic carbocycles.